The third-order valence-corrected chi connectivity index (χ3v) is 5.00. The SMILES string of the molecule is Nc1ncc(-c2ccc(-c3[nH]c(=O)[nH]c3O)cc2)cc1-c1nnnn1-c1cccc(F)c1F. The van der Waals surface area contributed by atoms with Gasteiger partial charge in [0, 0.05) is 17.3 Å². The van der Waals surface area contributed by atoms with E-state index in [0.29, 0.717) is 16.7 Å². The van der Waals surface area contributed by atoms with Gasteiger partial charge in [0.2, 0.25) is 5.88 Å². The molecular weight excluding hydrogens is 434 g/mol. The number of rotatable bonds is 4. The molecule has 0 fully saturated rings. The molecule has 0 spiro atoms. The van der Waals surface area contributed by atoms with E-state index in [2.05, 4.69) is 30.5 Å². The summed E-state index contributed by atoms with van der Waals surface area (Å²) in [4.78, 5) is 20.3. The largest absolute Gasteiger partial charge is 0.493 e. The van der Waals surface area contributed by atoms with Gasteiger partial charge in [-0.05, 0) is 34.2 Å². The summed E-state index contributed by atoms with van der Waals surface area (Å²) in [6.07, 6.45) is 1.54. The average Bonchev–Trinajstić information content (AvgIpc) is 3.42. The van der Waals surface area contributed by atoms with Crippen LogP contribution in [0.5, 0.6) is 5.88 Å². The number of aromatic hydroxyl groups is 1. The van der Waals surface area contributed by atoms with Crippen LogP contribution in [0.1, 0.15) is 0 Å². The predicted molar refractivity (Wildman–Crippen MR) is 114 cm³/mol. The molecule has 5 rings (SSSR count). The molecule has 5 aromatic rings. The normalized spacial score (nSPS) is 11.1. The Morgan fingerprint density at radius 2 is 1.76 bits per heavy atom. The molecular formula is C21H14F2N8O2. The molecule has 5 N–H and O–H groups in total. The Kier molecular flexibility index (Phi) is 4.66. The monoisotopic (exact) mass is 448 g/mol. The molecule has 0 aliphatic heterocycles. The number of nitrogens with two attached hydrogens (primary N) is 1. The molecule has 0 aliphatic carbocycles. The van der Waals surface area contributed by atoms with E-state index in [0.717, 1.165) is 16.3 Å². The van der Waals surface area contributed by atoms with Crippen LogP contribution in [-0.4, -0.2) is 40.3 Å². The van der Waals surface area contributed by atoms with E-state index in [9.17, 15) is 18.7 Å². The van der Waals surface area contributed by atoms with Gasteiger partial charge in [-0.3, -0.25) is 4.98 Å². The second-order valence-corrected chi connectivity index (χ2v) is 7.02. The molecule has 33 heavy (non-hydrogen) atoms. The lowest BCUT2D eigenvalue weighted by Crippen LogP contribution is -2.06. The number of hydrogen-bond donors (Lipinski definition) is 4. The van der Waals surface area contributed by atoms with E-state index in [1.165, 1.54) is 12.1 Å². The summed E-state index contributed by atoms with van der Waals surface area (Å²) >= 11 is 0. The highest BCUT2D eigenvalue weighted by atomic mass is 19.2. The maximum atomic E-state index is 14.3. The molecule has 10 nitrogen and oxygen atoms in total. The zero-order chi connectivity index (χ0) is 23.1. The van der Waals surface area contributed by atoms with Crippen LogP contribution in [0.2, 0.25) is 0 Å². The minimum Gasteiger partial charge on any atom is -0.493 e. The van der Waals surface area contributed by atoms with Crippen molar-refractivity contribution in [2.45, 2.75) is 0 Å². The first-order chi connectivity index (χ1) is 15.9. The number of H-pyrrole nitrogens is 2. The van der Waals surface area contributed by atoms with Crippen molar-refractivity contribution in [2.24, 2.45) is 0 Å². The van der Waals surface area contributed by atoms with Gasteiger partial charge in [0.05, 0.1) is 5.56 Å². The zero-order valence-electron chi connectivity index (χ0n) is 16.6. The number of hydrogen-bond acceptors (Lipinski definition) is 7. The fraction of sp³-hybridized carbons (Fsp3) is 0. The molecule has 0 saturated heterocycles. The second kappa shape index (κ2) is 7.67. The number of pyridine rings is 1. The molecule has 0 saturated carbocycles. The maximum absolute atomic E-state index is 14.3. The summed E-state index contributed by atoms with van der Waals surface area (Å²) in [7, 11) is 0. The second-order valence-electron chi connectivity index (χ2n) is 7.02. The average molecular weight is 448 g/mol. The minimum atomic E-state index is -1.10. The molecule has 0 bridgehead atoms. The molecule has 0 aliphatic rings. The van der Waals surface area contributed by atoms with Crippen molar-refractivity contribution in [3.05, 3.63) is 76.8 Å². The number of imidazole rings is 1. The Morgan fingerprint density at radius 3 is 2.48 bits per heavy atom. The number of aromatic amines is 2. The van der Waals surface area contributed by atoms with E-state index in [1.807, 2.05) is 0 Å². The Hall–Kier alpha value is -4.87. The third kappa shape index (κ3) is 3.48. The summed E-state index contributed by atoms with van der Waals surface area (Å²) in [5.41, 5.74) is 7.89. The molecule has 0 radical (unpaired) electrons. The van der Waals surface area contributed by atoms with E-state index in [1.54, 1.807) is 36.5 Å². The highest BCUT2D eigenvalue weighted by molar-refractivity contribution is 5.77. The Balaban J connectivity index is 1.55. The summed E-state index contributed by atoms with van der Waals surface area (Å²) < 4.78 is 29.1. The van der Waals surface area contributed by atoms with Gasteiger partial charge >= 0.3 is 5.69 Å². The quantitative estimate of drug-likeness (QED) is 0.330. The van der Waals surface area contributed by atoms with Crippen LogP contribution in [-0.2, 0) is 0 Å². The fourth-order valence-electron chi connectivity index (χ4n) is 3.40. The topological polar surface area (TPSA) is 151 Å². The first-order valence-electron chi connectivity index (χ1n) is 9.53. The number of halogens is 2. The zero-order valence-corrected chi connectivity index (χ0v) is 16.6. The van der Waals surface area contributed by atoms with Gasteiger partial charge in [-0.1, -0.05) is 30.3 Å². The van der Waals surface area contributed by atoms with Gasteiger partial charge in [0.25, 0.3) is 0 Å². The lowest BCUT2D eigenvalue weighted by molar-refractivity contribution is 0.457. The summed E-state index contributed by atoms with van der Waals surface area (Å²) in [6, 6.07) is 12.3. The van der Waals surface area contributed by atoms with Gasteiger partial charge in [0.15, 0.2) is 17.5 Å². The molecule has 3 heterocycles. The van der Waals surface area contributed by atoms with Crippen molar-refractivity contribution < 1.29 is 13.9 Å². The van der Waals surface area contributed by atoms with E-state index < -0.39 is 17.3 Å². The Labute approximate surface area is 183 Å². The lowest BCUT2D eigenvalue weighted by atomic mass is 10.0. The van der Waals surface area contributed by atoms with E-state index in [4.69, 9.17) is 5.73 Å². The van der Waals surface area contributed by atoms with Crippen LogP contribution in [0.25, 0.3) is 39.5 Å². The molecule has 3 aromatic heterocycles. The highest BCUT2D eigenvalue weighted by Crippen LogP contribution is 2.31. The molecule has 0 amide bonds. The number of nitrogens with one attached hydrogen (secondary N) is 2. The van der Waals surface area contributed by atoms with Gasteiger partial charge in [0.1, 0.15) is 17.2 Å². The number of aromatic nitrogens is 7. The van der Waals surface area contributed by atoms with E-state index >= 15 is 0 Å². The summed E-state index contributed by atoms with van der Waals surface area (Å²) in [6.45, 7) is 0. The number of nitrogens with zero attached hydrogens (tertiary/aromatic N) is 5. The van der Waals surface area contributed by atoms with Crippen LogP contribution in [0.15, 0.2) is 59.5 Å². The van der Waals surface area contributed by atoms with Crippen molar-refractivity contribution in [1.82, 2.24) is 35.2 Å². The summed E-state index contributed by atoms with van der Waals surface area (Å²) in [5, 5.41) is 21.1. The van der Waals surface area contributed by atoms with Crippen molar-refractivity contribution in [1.29, 1.82) is 0 Å². The first kappa shape index (κ1) is 20.1. The van der Waals surface area contributed by atoms with Crippen molar-refractivity contribution in [3.63, 3.8) is 0 Å². The highest BCUT2D eigenvalue weighted by Gasteiger charge is 2.19. The standard InChI is InChI=1S/C21H14F2N8O2/c22-14-2-1-3-15(16(14)23)31-19(28-29-30-31)13-8-12(9-25-18(13)24)10-4-6-11(7-5-10)17-20(32)27-21(33)26-17/h1-9,32H,(H2,24,25)(H2,26,27,33). The van der Waals surface area contributed by atoms with E-state index in [-0.39, 0.29) is 28.9 Å². The molecule has 12 heteroatoms. The smallest absolute Gasteiger partial charge is 0.326 e. The van der Waals surface area contributed by atoms with Crippen molar-refractivity contribution in [3.8, 4) is 45.3 Å². The fourth-order valence-corrected chi connectivity index (χ4v) is 3.40. The van der Waals surface area contributed by atoms with Crippen LogP contribution < -0.4 is 11.4 Å². The minimum absolute atomic E-state index is 0.0813. The van der Waals surface area contributed by atoms with Crippen LogP contribution in [0.4, 0.5) is 14.6 Å². The first-order valence-corrected chi connectivity index (χ1v) is 9.53. The predicted octanol–water partition coefficient (Wildman–Crippen LogP) is 2.64. The third-order valence-electron chi connectivity index (χ3n) is 5.00. The Morgan fingerprint density at radius 1 is 1.00 bits per heavy atom. The lowest BCUT2D eigenvalue weighted by Gasteiger charge is -2.10. The number of benzene rings is 2. The van der Waals surface area contributed by atoms with Crippen molar-refractivity contribution >= 4 is 5.82 Å². The molecule has 0 atom stereocenters. The van der Waals surface area contributed by atoms with Gasteiger partial charge in [-0.2, -0.15) is 4.68 Å². The van der Waals surface area contributed by atoms with Gasteiger partial charge in [-0.15, -0.1) is 5.10 Å². The van der Waals surface area contributed by atoms with Crippen LogP contribution in [0, 0.1) is 11.6 Å². The molecule has 2 aromatic carbocycles. The molecule has 0 unspecified atom stereocenters. The Bertz CT molecular complexity index is 1540. The van der Waals surface area contributed by atoms with Crippen LogP contribution >= 0.6 is 0 Å². The number of anilines is 1. The van der Waals surface area contributed by atoms with Gasteiger partial charge in [-0.25, -0.2) is 18.6 Å². The van der Waals surface area contributed by atoms with Crippen molar-refractivity contribution in [2.75, 3.05) is 5.73 Å². The molecule has 164 valence electrons. The maximum Gasteiger partial charge on any atom is 0.326 e. The van der Waals surface area contributed by atoms with Gasteiger partial charge < -0.3 is 15.8 Å². The summed E-state index contributed by atoms with van der Waals surface area (Å²) in [5.74, 6) is -2.23. The van der Waals surface area contributed by atoms with Crippen LogP contribution in [0.3, 0.4) is 0 Å². The number of nitrogen functional groups attached to an aromatic ring is 1. The number of tetrazole rings is 1.